The van der Waals surface area contributed by atoms with Gasteiger partial charge in [0.05, 0.1) is 5.60 Å². The number of hydrogen-bond acceptors (Lipinski definition) is 3. The minimum absolute atomic E-state index is 0.0255. The third kappa shape index (κ3) is 24.7. The van der Waals surface area contributed by atoms with Crippen LogP contribution < -0.4 is 0 Å². The average molecular weight is 186 g/mol. The van der Waals surface area contributed by atoms with Crippen molar-refractivity contribution in [2.45, 2.75) is 39.7 Å². The molecule has 0 atom stereocenters. The monoisotopic (exact) mass is 186 g/mol. The van der Waals surface area contributed by atoms with E-state index in [9.17, 15) is 9.59 Å². The standard InChI is InChI=1S/C6H12O2.C4H6O/c1-5(7)4-6(2,3)8;1-2-3-4-5/h8H,4H2,1-3H3;2-4H,1H3. The quantitative estimate of drug-likeness (QED) is 0.536. The molecule has 0 saturated heterocycles. The maximum absolute atomic E-state index is 10.3. The Hall–Kier alpha value is -0.960. The molecule has 0 aliphatic carbocycles. The second-order valence-corrected chi connectivity index (χ2v) is 3.35. The van der Waals surface area contributed by atoms with E-state index in [1.165, 1.54) is 13.0 Å². The minimum atomic E-state index is -0.828. The number of aldehydes is 1. The number of Topliss-reactive ketones (excluding diaryl/α,β-unsaturated/α-hetero) is 1. The molecule has 0 fully saturated rings. The van der Waals surface area contributed by atoms with E-state index < -0.39 is 5.60 Å². The molecule has 3 heteroatoms. The van der Waals surface area contributed by atoms with Crippen LogP contribution in [0.3, 0.4) is 0 Å². The van der Waals surface area contributed by atoms with E-state index in [0.29, 0.717) is 0 Å². The van der Waals surface area contributed by atoms with Gasteiger partial charge in [0.2, 0.25) is 0 Å². The van der Waals surface area contributed by atoms with Crippen LogP contribution in [0.15, 0.2) is 12.2 Å². The fourth-order valence-electron chi connectivity index (χ4n) is 0.688. The lowest BCUT2D eigenvalue weighted by Crippen LogP contribution is -2.21. The molecule has 0 radical (unpaired) electrons. The highest BCUT2D eigenvalue weighted by Gasteiger charge is 2.13. The van der Waals surface area contributed by atoms with Gasteiger partial charge in [0.15, 0.2) is 0 Å². The first-order chi connectivity index (χ1) is 5.83. The lowest BCUT2D eigenvalue weighted by molar-refractivity contribution is -0.120. The minimum Gasteiger partial charge on any atom is -0.390 e. The van der Waals surface area contributed by atoms with Gasteiger partial charge in [-0.1, -0.05) is 6.08 Å². The first-order valence-electron chi connectivity index (χ1n) is 4.11. The Morgan fingerprint density at radius 2 is 1.92 bits per heavy atom. The van der Waals surface area contributed by atoms with Gasteiger partial charge in [0.25, 0.3) is 0 Å². The number of aliphatic hydroxyl groups is 1. The first kappa shape index (κ1) is 14.6. The van der Waals surface area contributed by atoms with E-state index in [2.05, 4.69) is 0 Å². The smallest absolute Gasteiger partial charge is 0.142 e. The molecular formula is C10H18O3. The van der Waals surface area contributed by atoms with Crippen molar-refractivity contribution in [2.75, 3.05) is 0 Å². The predicted molar refractivity (Wildman–Crippen MR) is 52.5 cm³/mol. The van der Waals surface area contributed by atoms with Crippen molar-refractivity contribution in [3.8, 4) is 0 Å². The zero-order chi connectivity index (χ0) is 10.9. The van der Waals surface area contributed by atoms with Gasteiger partial charge in [-0.3, -0.25) is 9.59 Å². The second-order valence-electron chi connectivity index (χ2n) is 3.35. The summed E-state index contributed by atoms with van der Waals surface area (Å²) in [6.45, 7) is 6.51. The topological polar surface area (TPSA) is 54.4 Å². The number of hydrogen-bond donors (Lipinski definition) is 1. The number of allylic oxidation sites excluding steroid dienone is 2. The molecule has 0 heterocycles. The van der Waals surface area contributed by atoms with Gasteiger partial charge in [-0.25, -0.2) is 0 Å². The fourth-order valence-corrected chi connectivity index (χ4v) is 0.688. The zero-order valence-electron chi connectivity index (χ0n) is 8.70. The van der Waals surface area contributed by atoms with Gasteiger partial charge in [-0.15, -0.1) is 0 Å². The van der Waals surface area contributed by atoms with Crippen LogP contribution in [-0.2, 0) is 9.59 Å². The molecule has 0 aromatic carbocycles. The van der Waals surface area contributed by atoms with Crippen molar-refractivity contribution in [3.63, 3.8) is 0 Å². The molecule has 0 rings (SSSR count). The third-order valence-electron chi connectivity index (χ3n) is 0.953. The first-order valence-corrected chi connectivity index (χ1v) is 4.11. The normalized spacial score (nSPS) is 10.5. The Bertz CT molecular complexity index is 175. The van der Waals surface area contributed by atoms with E-state index in [1.54, 1.807) is 26.8 Å². The summed E-state index contributed by atoms with van der Waals surface area (Å²) in [5.74, 6) is 0.0255. The van der Waals surface area contributed by atoms with Crippen molar-refractivity contribution >= 4 is 12.1 Å². The van der Waals surface area contributed by atoms with Crippen molar-refractivity contribution in [1.82, 2.24) is 0 Å². The number of rotatable bonds is 3. The lowest BCUT2D eigenvalue weighted by Gasteiger charge is -2.13. The summed E-state index contributed by atoms with van der Waals surface area (Å²) in [6, 6.07) is 0. The fraction of sp³-hybridized carbons (Fsp3) is 0.600. The third-order valence-corrected chi connectivity index (χ3v) is 0.953. The molecule has 0 bridgehead atoms. The highest BCUT2D eigenvalue weighted by molar-refractivity contribution is 5.76. The molecule has 0 saturated carbocycles. The van der Waals surface area contributed by atoms with Crippen molar-refractivity contribution in [1.29, 1.82) is 0 Å². The van der Waals surface area contributed by atoms with Gasteiger partial charge in [0.1, 0.15) is 12.1 Å². The maximum atomic E-state index is 10.3. The van der Waals surface area contributed by atoms with Crippen molar-refractivity contribution in [2.24, 2.45) is 0 Å². The molecular weight excluding hydrogens is 168 g/mol. The predicted octanol–water partition coefficient (Wildman–Crippen LogP) is 1.50. The number of ketones is 1. The van der Waals surface area contributed by atoms with Crippen LogP contribution in [0, 0.1) is 0 Å². The van der Waals surface area contributed by atoms with Crippen LogP contribution in [0.2, 0.25) is 0 Å². The largest absolute Gasteiger partial charge is 0.390 e. The van der Waals surface area contributed by atoms with E-state index in [0.717, 1.165) is 6.29 Å². The molecule has 0 aliphatic rings. The molecule has 0 aromatic rings. The molecule has 1 N–H and O–H groups in total. The second kappa shape index (κ2) is 7.68. The van der Waals surface area contributed by atoms with Gasteiger partial charge in [-0.05, 0) is 33.8 Å². The van der Waals surface area contributed by atoms with Crippen LogP contribution in [0.1, 0.15) is 34.1 Å². The molecule has 0 spiro atoms. The zero-order valence-corrected chi connectivity index (χ0v) is 8.70. The van der Waals surface area contributed by atoms with Crippen LogP contribution in [0.5, 0.6) is 0 Å². The summed E-state index contributed by atoms with van der Waals surface area (Å²) in [4.78, 5) is 19.6. The van der Waals surface area contributed by atoms with Crippen LogP contribution in [0.4, 0.5) is 0 Å². The van der Waals surface area contributed by atoms with E-state index in [-0.39, 0.29) is 12.2 Å². The maximum Gasteiger partial charge on any atom is 0.142 e. The summed E-state index contributed by atoms with van der Waals surface area (Å²) in [5, 5.41) is 8.97. The Labute approximate surface area is 79.5 Å². The van der Waals surface area contributed by atoms with Crippen LogP contribution in [0.25, 0.3) is 0 Å². The van der Waals surface area contributed by atoms with Gasteiger partial charge in [0, 0.05) is 6.42 Å². The van der Waals surface area contributed by atoms with Crippen molar-refractivity contribution < 1.29 is 14.7 Å². The summed E-state index contributed by atoms with van der Waals surface area (Å²) in [5.41, 5.74) is -0.828. The number of carbonyl (C=O) groups is 2. The molecule has 3 nitrogen and oxygen atoms in total. The number of carbonyl (C=O) groups excluding carboxylic acids is 2. The Morgan fingerprint density at radius 3 is 1.92 bits per heavy atom. The van der Waals surface area contributed by atoms with Gasteiger partial charge < -0.3 is 5.11 Å². The van der Waals surface area contributed by atoms with Crippen molar-refractivity contribution in [3.05, 3.63) is 12.2 Å². The summed E-state index contributed by atoms with van der Waals surface area (Å²) in [6.07, 6.45) is 4.12. The molecule has 0 aromatic heterocycles. The lowest BCUT2D eigenvalue weighted by atomic mass is 10.0. The average Bonchev–Trinajstić information content (AvgIpc) is 1.84. The van der Waals surface area contributed by atoms with Gasteiger partial charge >= 0.3 is 0 Å². The summed E-state index contributed by atoms with van der Waals surface area (Å²) >= 11 is 0. The molecule has 76 valence electrons. The molecule has 0 unspecified atom stereocenters. The van der Waals surface area contributed by atoms with E-state index in [1.807, 2.05) is 0 Å². The summed E-state index contributed by atoms with van der Waals surface area (Å²) < 4.78 is 0. The van der Waals surface area contributed by atoms with Crippen LogP contribution in [-0.4, -0.2) is 22.8 Å². The molecule has 13 heavy (non-hydrogen) atoms. The highest BCUT2D eigenvalue weighted by atomic mass is 16.3. The Morgan fingerprint density at radius 1 is 1.46 bits per heavy atom. The Balaban J connectivity index is 0. The van der Waals surface area contributed by atoms with Gasteiger partial charge in [-0.2, -0.15) is 0 Å². The summed E-state index contributed by atoms with van der Waals surface area (Å²) in [7, 11) is 0. The van der Waals surface area contributed by atoms with Crippen LogP contribution >= 0.6 is 0 Å². The van der Waals surface area contributed by atoms with E-state index in [4.69, 9.17) is 5.11 Å². The molecule has 0 amide bonds. The van der Waals surface area contributed by atoms with E-state index >= 15 is 0 Å². The molecule has 0 aliphatic heterocycles. The SMILES string of the molecule is CC(=O)CC(C)(C)O.CC=CC=O. The highest BCUT2D eigenvalue weighted by Crippen LogP contribution is 2.06. The Kier molecular flexibility index (Phi) is 8.60.